The van der Waals surface area contributed by atoms with Crippen molar-refractivity contribution >= 4 is 11.4 Å². The molecule has 0 bridgehead atoms. The summed E-state index contributed by atoms with van der Waals surface area (Å²) in [5.74, 6) is 0. The Bertz CT molecular complexity index is 406. The topological polar surface area (TPSA) is 47.6 Å². The quantitative estimate of drug-likeness (QED) is 0.650. The van der Waals surface area contributed by atoms with Gasteiger partial charge in [0.05, 0.1) is 11.4 Å². The van der Waals surface area contributed by atoms with E-state index < -0.39 is 0 Å². The molecule has 0 fully saturated rings. The van der Waals surface area contributed by atoms with E-state index in [1.807, 2.05) is 36.4 Å². The Morgan fingerprint density at radius 1 is 0.571 bits per heavy atom. The van der Waals surface area contributed by atoms with Gasteiger partial charge in [-0.15, -0.1) is 0 Å². The van der Waals surface area contributed by atoms with Gasteiger partial charge in [-0.25, -0.2) is 0 Å². The van der Waals surface area contributed by atoms with Crippen molar-refractivity contribution in [2.75, 3.05) is 0 Å². The fourth-order valence-electron chi connectivity index (χ4n) is 1.44. The van der Waals surface area contributed by atoms with Crippen LogP contribution in [0.1, 0.15) is 0 Å². The zero-order chi connectivity index (χ0) is 9.97. The van der Waals surface area contributed by atoms with Gasteiger partial charge in [0.1, 0.15) is 0 Å². The predicted octanol–water partition coefficient (Wildman–Crippen LogP) is 3.18. The zero-order valence-corrected chi connectivity index (χ0v) is 7.62. The first kappa shape index (κ1) is 8.63. The maximum absolute atomic E-state index is 7.72. The van der Waals surface area contributed by atoms with Crippen molar-refractivity contribution in [3.05, 3.63) is 48.5 Å². The van der Waals surface area contributed by atoms with Gasteiger partial charge in [0.2, 0.25) is 0 Å². The number of hydrogen-bond acceptors (Lipinski definition) is 0. The fraction of sp³-hybridized carbons (Fsp3) is 0. The summed E-state index contributed by atoms with van der Waals surface area (Å²) in [4.78, 5) is 0. The molecule has 2 nitrogen and oxygen atoms in total. The number of nitrogens with one attached hydrogen (secondary N) is 2. The molecule has 0 atom stereocenters. The van der Waals surface area contributed by atoms with Gasteiger partial charge in [-0.3, -0.25) is 0 Å². The number of rotatable bonds is 1. The lowest BCUT2D eigenvalue weighted by Gasteiger charge is -2.06. The number of hydrogen-bond donors (Lipinski definition) is 0. The molecule has 14 heavy (non-hydrogen) atoms. The first-order chi connectivity index (χ1) is 6.79. The lowest BCUT2D eigenvalue weighted by molar-refractivity contribution is 1.44. The van der Waals surface area contributed by atoms with E-state index in [0.29, 0.717) is 11.4 Å². The van der Waals surface area contributed by atoms with Gasteiger partial charge in [-0.05, 0) is 12.1 Å². The molecule has 0 saturated heterocycles. The second kappa shape index (κ2) is 3.42. The van der Waals surface area contributed by atoms with E-state index in [4.69, 9.17) is 11.5 Å². The third-order valence-electron chi connectivity index (χ3n) is 2.14. The SMILES string of the molecule is [NH]c1ccccc1-c1ccccc1[NH]. The largest absolute Gasteiger partial charge is 0.300 e. The third kappa shape index (κ3) is 1.42. The minimum absolute atomic E-state index is 0.465. The van der Waals surface area contributed by atoms with Gasteiger partial charge >= 0.3 is 0 Å². The Balaban J connectivity index is 2.61. The van der Waals surface area contributed by atoms with Crippen molar-refractivity contribution in [3.8, 4) is 11.1 Å². The lowest BCUT2D eigenvalue weighted by Crippen LogP contribution is -1.82. The van der Waals surface area contributed by atoms with E-state index in [2.05, 4.69) is 0 Å². The van der Waals surface area contributed by atoms with Crippen LogP contribution in [0, 0.1) is 0 Å². The Labute approximate surface area is 83.2 Å². The van der Waals surface area contributed by atoms with E-state index in [0.717, 1.165) is 11.1 Å². The molecule has 0 saturated carbocycles. The van der Waals surface area contributed by atoms with Crippen molar-refractivity contribution < 1.29 is 0 Å². The molecule has 0 aromatic heterocycles. The molecule has 0 aliphatic carbocycles. The molecule has 0 spiro atoms. The first-order valence-electron chi connectivity index (χ1n) is 4.40. The highest BCUT2D eigenvalue weighted by Gasteiger charge is 2.04. The van der Waals surface area contributed by atoms with Crippen molar-refractivity contribution in [1.82, 2.24) is 11.5 Å². The summed E-state index contributed by atoms with van der Waals surface area (Å²) in [7, 11) is 0. The fourth-order valence-corrected chi connectivity index (χ4v) is 1.44. The summed E-state index contributed by atoms with van der Waals surface area (Å²) in [6.45, 7) is 0. The van der Waals surface area contributed by atoms with Gasteiger partial charge in [0, 0.05) is 11.1 Å². The molecule has 2 rings (SSSR count). The minimum Gasteiger partial charge on any atom is -0.300 e. The second-order valence-electron chi connectivity index (χ2n) is 3.09. The molecule has 2 radical (unpaired) electrons. The van der Waals surface area contributed by atoms with Crippen LogP contribution in [0.3, 0.4) is 0 Å². The average molecular weight is 182 g/mol. The molecular formula is C12H10N2. The van der Waals surface area contributed by atoms with E-state index in [1.54, 1.807) is 12.1 Å². The van der Waals surface area contributed by atoms with Crippen LogP contribution in [-0.4, -0.2) is 0 Å². The Hall–Kier alpha value is -1.96. The molecule has 0 amide bonds. The highest BCUT2D eigenvalue weighted by Crippen LogP contribution is 2.31. The van der Waals surface area contributed by atoms with Gasteiger partial charge < -0.3 is 11.5 Å². The van der Waals surface area contributed by atoms with Crippen LogP contribution in [0.15, 0.2) is 48.5 Å². The average Bonchev–Trinajstić information content (AvgIpc) is 2.20. The molecule has 0 unspecified atom stereocenters. The lowest BCUT2D eigenvalue weighted by atomic mass is 10.0. The maximum atomic E-state index is 7.72. The van der Waals surface area contributed by atoms with Crippen LogP contribution in [0.4, 0.5) is 11.4 Å². The summed E-state index contributed by atoms with van der Waals surface area (Å²) in [6, 6.07) is 14.7. The van der Waals surface area contributed by atoms with Crippen LogP contribution < -0.4 is 11.5 Å². The normalized spacial score (nSPS) is 10.0. The molecule has 0 aliphatic rings. The molecule has 68 valence electrons. The molecule has 2 heteroatoms. The van der Waals surface area contributed by atoms with Crippen LogP contribution in [0.25, 0.3) is 11.1 Å². The van der Waals surface area contributed by atoms with Crippen LogP contribution in [-0.2, 0) is 0 Å². The van der Waals surface area contributed by atoms with Gasteiger partial charge in [0.15, 0.2) is 0 Å². The van der Waals surface area contributed by atoms with E-state index in [9.17, 15) is 0 Å². The summed E-state index contributed by atoms with van der Waals surface area (Å²) in [6.07, 6.45) is 0. The predicted molar refractivity (Wildman–Crippen MR) is 57.4 cm³/mol. The summed E-state index contributed by atoms with van der Waals surface area (Å²) in [5, 5.41) is 0. The maximum Gasteiger partial charge on any atom is 0.0619 e. The smallest absolute Gasteiger partial charge is 0.0619 e. The highest BCUT2D eigenvalue weighted by atomic mass is 14.6. The van der Waals surface area contributed by atoms with Crippen LogP contribution in [0.2, 0.25) is 0 Å². The molecule has 0 heterocycles. The molecule has 0 aliphatic heterocycles. The molecule has 2 aromatic rings. The van der Waals surface area contributed by atoms with Crippen molar-refractivity contribution in [1.29, 1.82) is 0 Å². The van der Waals surface area contributed by atoms with Gasteiger partial charge in [-0.1, -0.05) is 36.4 Å². The second-order valence-corrected chi connectivity index (χ2v) is 3.09. The Morgan fingerprint density at radius 3 is 1.29 bits per heavy atom. The molecule has 2 aromatic carbocycles. The summed E-state index contributed by atoms with van der Waals surface area (Å²) >= 11 is 0. The monoisotopic (exact) mass is 182 g/mol. The summed E-state index contributed by atoms with van der Waals surface area (Å²) in [5.41, 5.74) is 18.0. The third-order valence-corrected chi connectivity index (χ3v) is 2.14. The van der Waals surface area contributed by atoms with E-state index in [1.165, 1.54) is 0 Å². The van der Waals surface area contributed by atoms with Gasteiger partial charge in [0.25, 0.3) is 0 Å². The highest BCUT2D eigenvalue weighted by molar-refractivity contribution is 5.82. The van der Waals surface area contributed by atoms with Crippen LogP contribution >= 0.6 is 0 Å². The first-order valence-corrected chi connectivity index (χ1v) is 4.40. The minimum atomic E-state index is 0.465. The number of benzene rings is 2. The van der Waals surface area contributed by atoms with E-state index in [-0.39, 0.29) is 0 Å². The van der Waals surface area contributed by atoms with Crippen molar-refractivity contribution in [3.63, 3.8) is 0 Å². The molecule has 2 N–H and O–H groups in total. The Kier molecular flexibility index (Phi) is 2.11. The standard InChI is InChI=1S/C12H10N2/c13-11-7-3-1-5-9(11)10-6-2-4-8-12(10)14/h1-8,13-14H. The van der Waals surface area contributed by atoms with Gasteiger partial charge in [-0.2, -0.15) is 0 Å². The molecular weight excluding hydrogens is 172 g/mol. The van der Waals surface area contributed by atoms with E-state index >= 15 is 0 Å². The summed E-state index contributed by atoms with van der Waals surface area (Å²) < 4.78 is 0. The zero-order valence-electron chi connectivity index (χ0n) is 7.62. The van der Waals surface area contributed by atoms with Crippen molar-refractivity contribution in [2.24, 2.45) is 0 Å². The van der Waals surface area contributed by atoms with Crippen LogP contribution in [0.5, 0.6) is 0 Å². The Morgan fingerprint density at radius 2 is 0.929 bits per heavy atom. The van der Waals surface area contributed by atoms with Crippen molar-refractivity contribution in [2.45, 2.75) is 0 Å².